The largest absolute Gasteiger partial charge is 0.312 e. The van der Waals surface area contributed by atoms with Crippen LogP contribution in [-0.2, 0) is 6.54 Å². The molecule has 1 aliphatic heterocycles. The van der Waals surface area contributed by atoms with Gasteiger partial charge in [0.05, 0.1) is 0 Å². The molecular weight excluding hydrogens is 220 g/mol. The number of aryl methyl sites for hydroxylation is 1. The number of hydrogen-bond donors (Lipinski definition) is 1. The van der Waals surface area contributed by atoms with Crippen LogP contribution in [0.5, 0.6) is 0 Å². The van der Waals surface area contributed by atoms with Crippen molar-refractivity contribution in [2.75, 3.05) is 19.6 Å². The van der Waals surface area contributed by atoms with Gasteiger partial charge in [0.1, 0.15) is 0 Å². The Balaban J connectivity index is 1.61. The number of nitrogens with zero attached hydrogens (tertiary/aromatic N) is 1. The molecule has 2 fully saturated rings. The van der Waals surface area contributed by atoms with Crippen LogP contribution in [0.3, 0.4) is 0 Å². The van der Waals surface area contributed by atoms with Gasteiger partial charge in [-0.1, -0.05) is 29.8 Å². The summed E-state index contributed by atoms with van der Waals surface area (Å²) in [4.78, 5) is 2.63. The predicted molar refractivity (Wildman–Crippen MR) is 75.6 cm³/mol. The van der Waals surface area contributed by atoms with E-state index in [2.05, 4.69) is 41.4 Å². The first-order valence-corrected chi connectivity index (χ1v) is 7.32. The van der Waals surface area contributed by atoms with Crippen molar-refractivity contribution < 1.29 is 0 Å². The van der Waals surface area contributed by atoms with E-state index in [0.717, 1.165) is 18.5 Å². The molecule has 2 aliphatic rings. The monoisotopic (exact) mass is 244 g/mol. The summed E-state index contributed by atoms with van der Waals surface area (Å²) in [6.07, 6.45) is 4.17. The minimum atomic E-state index is 0.748. The second-order valence-electron chi connectivity index (χ2n) is 5.97. The van der Waals surface area contributed by atoms with Crippen molar-refractivity contribution in [1.29, 1.82) is 0 Å². The third kappa shape index (κ3) is 3.12. The van der Waals surface area contributed by atoms with Crippen LogP contribution in [0.2, 0.25) is 0 Å². The normalized spacial score (nSPS) is 25.9. The SMILES string of the molecule is Cc1ccc(CN2CCCNC(C3CC3)C2)cc1. The van der Waals surface area contributed by atoms with Gasteiger partial charge in [-0.3, -0.25) is 4.90 Å². The topological polar surface area (TPSA) is 15.3 Å². The Hall–Kier alpha value is -0.860. The Bertz CT molecular complexity index is 381. The summed E-state index contributed by atoms with van der Waals surface area (Å²) in [7, 11) is 0. The zero-order valence-corrected chi connectivity index (χ0v) is 11.4. The van der Waals surface area contributed by atoms with Gasteiger partial charge in [0.25, 0.3) is 0 Å². The molecule has 18 heavy (non-hydrogen) atoms. The standard InChI is InChI=1S/C16H24N2/c1-13-3-5-14(6-4-13)11-18-10-2-9-17-16(12-18)15-7-8-15/h3-6,15-17H,2,7-12H2,1H3. The Morgan fingerprint density at radius 3 is 2.72 bits per heavy atom. The van der Waals surface area contributed by atoms with Gasteiger partial charge >= 0.3 is 0 Å². The van der Waals surface area contributed by atoms with E-state index in [1.165, 1.54) is 50.0 Å². The molecule has 0 aromatic heterocycles. The Morgan fingerprint density at radius 2 is 2.00 bits per heavy atom. The second kappa shape index (κ2) is 5.41. The lowest BCUT2D eigenvalue weighted by Crippen LogP contribution is -2.38. The van der Waals surface area contributed by atoms with Crippen molar-refractivity contribution in [3.05, 3.63) is 35.4 Å². The Labute approximate surface area is 110 Å². The molecule has 1 aromatic carbocycles. The van der Waals surface area contributed by atoms with E-state index in [1.807, 2.05) is 0 Å². The smallest absolute Gasteiger partial charge is 0.0234 e. The molecule has 1 heterocycles. The van der Waals surface area contributed by atoms with E-state index in [4.69, 9.17) is 0 Å². The molecule has 1 aliphatic carbocycles. The summed E-state index contributed by atoms with van der Waals surface area (Å²) in [5.41, 5.74) is 2.81. The van der Waals surface area contributed by atoms with Crippen LogP contribution in [0.25, 0.3) is 0 Å². The average molecular weight is 244 g/mol. The maximum atomic E-state index is 3.73. The lowest BCUT2D eigenvalue weighted by atomic mass is 10.1. The summed E-state index contributed by atoms with van der Waals surface area (Å²) in [6.45, 7) is 6.95. The molecule has 0 bridgehead atoms. The second-order valence-corrected chi connectivity index (χ2v) is 5.97. The molecule has 1 N–H and O–H groups in total. The van der Waals surface area contributed by atoms with Gasteiger partial charge in [0.15, 0.2) is 0 Å². The molecule has 2 nitrogen and oxygen atoms in total. The van der Waals surface area contributed by atoms with Crippen molar-refractivity contribution in [2.45, 2.75) is 38.8 Å². The van der Waals surface area contributed by atoms with Crippen LogP contribution in [0, 0.1) is 12.8 Å². The third-order valence-electron chi connectivity index (χ3n) is 4.23. The van der Waals surface area contributed by atoms with Gasteiger partial charge in [-0.15, -0.1) is 0 Å². The zero-order valence-electron chi connectivity index (χ0n) is 11.4. The van der Waals surface area contributed by atoms with E-state index in [9.17, 15) is 0 Å². The van der Waals surface area contributed by atoms with Crippen LogP contribution in [0.4, 0.5) is 0 Å². The molecule has 1 aromatic rings. The molecule has 0 spiro atoms. The zero-order chi connectivity index (χ0) is 12.4. The first kappa shape index (κ1) is 12.2. The fraction of sp³-hybridized carbons (Fsp3) is 0.625. The molecule has 98 valence electrons. The van der Waals surface area contributed by atoms with E-state index >= 15 is 0 Å². The highest BCUT2D eigenvalue weighted by atomic mass is 15.2. The summed E-state index contributed by atoms with van der Waals surface area (Å²) in [6, 6.07) is 9.76. The lowest BCUT2D eigenvalue weighted by Gasteiger charge is -2.24. The molecule has 0 amide bonds. The average Bonchev–Trinajstić information content (AvgIpc) is 3.18. The Morgan fingerprint density at radius 1 is 1.22 bits per heavy atom. The van der Waals surface area contributed by atoms with Crippen LogP contribution >= 0.6 is 0 Å². The first-order chi connectivity index (χ1) is 8.81. The number of nitrogens with one attached hydrogen (secondary N) is 1. The van der Waals surface area contributed by atoms with Gasteiger partial charge in [-0.2, -0.15) is 0 Å². The van der Waals surface area contributed by atoms with Gasteiger partial charge in [-0.05, 0) is 50.8 Å². The molecule has 1 saturated heterocycles. The molecule has 1 atom stereocenters. The van der Waals surface area contributed by atoms with Crippen molar-refractivity contribution in [1.82, 2.24) is 10.2 Å². The fourth-order valence-electron chi connectivity index (χ4n) is 2.93. The van der Waals surface area contributed by atoms with Crippen LogP contribution < -0.4 is 5.32 Å². The Kier molecular flexibility index (Phi) is 3.67. The van der Waals surface area contributed by atoms with Gasteiger partial charge in [0.2, 0.25) is 0 Å². The van der Waals surface area contributed by atoms with E-state index in [-0.39, 0.29) is 0 Å². The molecule has 2 heteroatoms. The van der Waals surface area contributed by atoms with E-state index < -0.39 is 0 Å². The number of benzene rings is 1. The highest BCUT2D eigenvalue weighted by Gasteiger charge is 2.32. The van der Waals surface area contributed by atoms with Crippen molar-refractivity contribution in [3.63, 3.8) is 0 Å². The highest BCUT2D eigenvalue weighted by molar-refractivity contribution is 5.21. The maximum absolute atomic E-state index is 3.73. The van der Waals surface area contributed by atoms with Gasteiger partial charge < -0.3 is 5.32 Å². The van der Waals surface area contributed by atoms with Gasteiger partial charge in [0, 0.05) is 19.1 Å². The molecule has 3 rings (SSSR count). The lowest BCUT2D eigenvalue weighted by molar-refractivity contribution is 0.251. The highest BCUT2D eigenvalue weighted by Crippen LogP contribution is 2.33. The maximum Gasteiger partial charge on any atom is 0.0234 e. The van der Waals surface area contributed by atoms with Crippen molar-refractivity contribution >= 4 is 0 Å². The predicted octanol–water partition coefficient (Wildman–Crippen LogP) is 2.57. The molecule has 0 radical (unpaired) electrons. The summed E-state index contributed by atoms with van der Waals surface area (Å²) in [5, 5.41) is 3.73. The van der Waals surface area contributed by atoms with Crippen LogP contribution in [-0.4, -0.2) is 30.6 Å². The summed E-state index contributed by atoms with van der Waals surface area (Å²) >= 11 is 0. The van der Waals surface area contributed by atoms with Crippen LogP contribution in [0.15, 0.2) is 24.3 Å². The van der Waals surface area contributed by atoms with Gasteiger partial charge in [-0.25, -0.2) is 0 Å². The fourth-order valence-corrected chi connectivity index (χ4v) is 2.93. The number of hydrogen-bond acceptors (Lipinski definition) is 2. The van der Waals surface area contributed by atoms with E-state index in [1.54, 1.807) is 0 Å². The quantitative estimate of drug-likeness (QED) is 0.879. The van der Waals surface area contributed by atoms with Crippen molar-refractivity contribution in [3.8, 4) is 0 Å². The first-order valence-electron chi connectivity index (χ1n) is 7.32. The third-order valence-corrected chi connectivity index (χ3v) is 4.23. The molecule has 1 unspecified atom stereocenters. The molecule has 1 saturated carbocycles. The minimum absolute atomic E-state index is 0.748. The molecular formula is C16H24N2. The van der Waals surface area contributed by atoms with E-state index in [0.29, 0.717) is 0 Å². The summed E-state index contributed by atoms with van der Waals surface area (Å²) < 4.78 is 0. The summed E-state index contributed by atoms with van der Waals surface area (Å²) in [5.74, 6) is 0.962. The number of rotatable bonds is 3. The van der Waals surface area contributed by atoms with Crippen molar-refractivity contribution in [2.24, 2.45) is 5.92 Å². The van der Waals surface area contributed by atoms with Crippen LogP contribution in [0.1, 0.15) is 30.4 Å². The minimum Gasteiger partial charge on any atom is -0.312 e.